The van der Waals surface area contributed by atoms with E-state index >= 15 is 0 Å². The molecule has 3 N–H and O–H groups in total. The lowest BCUT2D eigenvalue weighted by atomic mass is 9.91. The van der Waals surface area contributed by atoms with Gasteiger partial charge in [-0.1, -0.05) is 0 Å². The zero-order valence-electron chi connectivity index (χ0n) is 12.3. The van der Waals surface area contributed by atoms with Gasteiger partial charge in [-0.3, -0.25) is 14.5 Å². The summed E-state index contributed by atoms with van der Waals surface area (Å²) in [5.41, 5.74) is 5.45. The highest BCUT2D eigenvalue weighted by molar-refractivity contribution is 5.82. The largest absolute Gasteiger partial charge is 0.354 e. The molecule has 2 rings (SSSR count). The zero-order chi connectivity index (χ0) is 14.5. The third kappa shape index (κ3) is 3.49. The first-order valence-corrected chi connectivity index (χ1v) is 7.59. The first-order valence-electron chi connectivity index (χ1n) is 7.59. The highest BCUT2D eigenvalue weighted by atomic mass is 16.2. The van der Waals surface area contributed by atoms with Crippen LogP contribution in [0.4, 0.5) is 0 Å². The molecule has 0 bridgehead atoms. The summed E-state index contributed by atoms with van der Waals surface area (Å²) in [7, 11) is 1.83. The van der Waals surface area contributed by atoms with Crippen LogP contribution in [-0.2, 0) is 9.59 Å². The molecule has 0 aromatic carbocycles. The number of nitrogens with zero attached hydrogens (tertiary/aromatic N) is 2. The number of piperidine rings is 1. The van der Waals surface area contributed by atoms with Crippen molar-refractivity contribution in [2.45, 2.75) is 31.7 Å². The summed E-state index contributed by atoms with van der Waals surface area (Å²) in [5.74, 6) is 0.484. The average molecular weight is 282 g/mol. The van der Waals surface area contributed by atoms with Gasteiger partial charge in [0.1, 0.15) is 0 Å². The number of hydrogen-bond acceptors (Lipinski definition) is 4. The van der Waals surface area contributed by atoms with E-state index in [9.17, 15) is 9.59 Å². The molecule has 2 amide bonds. The maximum Gasteiger partial charge on any atom is 0.224 e. The van der Waals surface area contributed by atoms with E-state index < -0.39 is 0 Å². The summed E-state index contributed by atoms with van der Waals surface area (Å²) in [6.45, 7) is 3.82. The lowest BCUT2D eigenvalue weighted by molar-refractivity contribution is -0.130. The lowest BCUT2D eigenvalue weighted by Crippen LogP contribution is -2.46. The molecule has 20 heavy (non-hydrogen) atoms. The fourth-order valence-electron chi connectivity index (χ4n) is 3.20. The van der Waals surface area contributed by atoms with Crippen molar-refractivity contribution in [2.24, 2.45) is 11.7 Å². The third-order valence-electron chi connectivity index (χ3n) is 4.45. The number of fused-ring (bicyclic) bond motifs is 1. The molecule has 0 spiro atoms. The first kappa shape index (κ1) is 15.3. The van der Waals surface area contributed by atoms with Crippen LogP contribution in [0.1, 0.15) is 25.7 Å². The van der Waals surface area contributed by atoms with E-state index in [1.807, 2.05) is 7.05 Å². The molecule has 2 unspecified atom stereocenters. The van der Waals surface area contributed by atoms with E-state index in [0.29, 0.717) is 19.0 Å². The van der Waals surface area contributed by atoms with Gasteiger partial charge in [0.2, 0.25) is 11.8 Å². The maximum atomic E-state index is 12.0. The van der Waals surface area contributed by atoms with Gasteiger partial charge in [0.05, 0.1) is 5.92 Å². The van der Waals surface area contributed by atoms with Gasteiger partial charge in [0.25, 0.3) is 0 Å². The molecule has 2 aliphatic rings. The number of hydrogen-bond donors (Lipinski definition) is 2. The van der Waals surface area contributed by atoms with Gasteiger partial charge in [-0.15, -0.1) is 0 Å². The second-order valence-corrected chi connectivity index (χ2v) is 5.80. The van der Waals surface area contributed by atoms with Crippen molar-refractivity contribution < 1.29 is 9.59 Å². The van der Waals surface area contributed by atoms with Crippen LogP contribution in [0.3, 0.4) is 0 Å². The van der Waals surface area contributed by atoms with Crippen LogP contribution in [0, 0.1) is 5.92 Å². The van der Waals surface area contributed by atoms with Gasteiger partial charge in [-0.2, -0.15) is 0 Å². The maximum absolute atomic E-state index is 12.0. The van der Waals surface area contributed by atoms with Gasteiger partial charge in [-0.25, -0.2) is 0 Å². The van der Waals surface area contributed by atoms with Crippen LogP contribution in [0.5, 0.6) is 0 Å². The van der Waals surface area contributed by atoms with Crippen LogP contribution in [0.25, 0.3) is 0 Å². The Morgan fingerprint density at radius 1 is 1.55 bits per heavy atom. The van der Waals surface area contributed by atoms with Gasteiger partial charge < -0.3 is 16.0 Å². The molecular weight excluding hydrogens is 256 g/mol. The molecule has 0 radical (unpaired) electrons. The minimum atomic E-state index is 0.133. The minimum absolute atomic E-state index is 0.133. The van der Waals surface area contributed by atoms with E-state index in [4.69, 9.17) is 5.73 Å². The first-order chi connectivity index (χ1) is 9.63. The topological polar surface area (TPSA) is 78.7 Å². The normalized spacial score (nSPS) is 26.2. The molecular formula is C14H26N4O2. The van der Waals surface area contributed by atoms with Crippen molar-refractivity contribution in [3.05, 3.63) is 0 Å². The minimum Gasteiger partial charge on any atom is -0.354 e. The zero-order valence-corrected chi connectivity index (χ0v) is 12.3. The summed E-state index contributed by atoms with van der Waals surface area (Å²) in [6, 6.07) is 0.290. The number of nitrogens with one attached hydrogen (secondary N) is 1. The number of likely N-dealkylation sites (tertiary alicyclic amines) is 1. The number of carbonyl (C=O) groups excluding carboxylic acids is 2. The van der Waals surface area contributed by atoms with Crippen molar-refractivity contribution in [2.75, 3.05) is 39.8 Å². The molecule has 2 fully saturated rings. The summed E-state index contributed by atoms with van der Waals surface area (Å²) in [5, 5.41) is 2.94. The summed E-state index contributed by atoms with van der Waals surface area (Å²) < 4.78 is 0. The van der Waals surface area contributed by atoms with Crippen LogP contribution < -0.4 is 11.1 Å². The van der Waals surface area contributed by atoms with E-state index in [-0.39, 0.29) is 17.7 Å². The fourth-order valence-corrected chi connectivity index (χ4v) is 3.20. The quantitative estimate of drug-likeness (QED) is 0.681. The molecule has 0 aliphatic carbocycles. The van der Waals surface area contributed by atoms with Crippen LogP contribution in [-0.4, -0.2) is 67.4 Å². The number of carbonyl (C=O) groups is 2. The molecule has 114 valence electrons. The highest BCUT2D eigenvalue weighted by Crippen LogP contribution is 2.27. The number of nitrogens with two attached hydrogens (primary N) is 1. The SMILES string of the molecule is CN(CCCN)C(=O)CCN1CCCC2C(=O)NCC21. The standard InChI is InChI=1S/C14H26N4O2/c1-17(7-3-6-15)13(19)5-9-18-8-2-4-11-12(18)10-16-14(11)20/h11-12H,2-10,15H2,1H3,(H,16,20). The number of rotatable bonds is 6. The molecule has 6 heteroatoms. The smallest absolute Gasteiger partial charge is 0.224 e. The Balaban J connectivity index is 1.78. The van der Waals surface area contributed by atoms with Crippen molar-refractivity contribution in [3.8, 4) is 0 Å². The molecule has 2 heterocycles. The second-order valence-electron chi connectivity index (χ2n) is 5.80. The van der Waals surface area contributed by atoms with Crippen molar-refractivity contribution in [3.63, 3.8) is 0 Å². The van der Waals surface area contributed by atoms with E-state index in [2.05, 4.69) is 10.2 Å². The predicted octanol–water partition coefficient (Wildman–Crippen LogP) is -0.606. The van der Waals surface area contributed by atoms with E-state index in [1.54, 1.807) is 4.90 Å². The molecule has 2 aliphatic heterocycles. The van der Waals surface area contributed by atoms with E-state index in [0.717, 1.165) is 45.4 Å². The van der Waals surface area contributed by atoms with Crippen molar-refractivity contribution in [1.82, 2.24) is 15.1 Å². The van der Waals surface area contributed by atoms with Gasteiger partial charge >= 0.3 is 0 Å². The van der Waals surface area contributed by atoms with Gasteiger partial charge in [0, 0.05) is 39.1 Å². The van der Waals surface area contributed by atoms with Crippen LogP contribution >= 0.6 is 0 Å². The molecule has 2 atom stereocenters. The Bertz CT molecular complexity index is 361. The van der Waals surface area contributed by atoms with Gasteiger partial charge in [-0.05, 0) is 32.4 Å². The molecule has 2 saturated heterocycles. The monoisotopic (exact) mass is 282 g/mol. The Labute approximate surface area is 120 Å². The summed E-state index contributed by atoms with van der Waals surface area (Å²) in [4.78, 5) is 27.8. The average Bonchev–Trinajstić information content (AvgIpc) is 2.84. The highest BCUT2D eigenvalue weighted by Gasteiger charge is 2.40. The van der Waals surface area contributed by atoms with Gasteiger partial charge in [0.15, 0.2) is 0 Å². The fraction of sp³-hybridized carbons (Fsp3) is 0.857. The summed E-state index contributed by atoms with van der Waals surface area (Å²) in [6.07, 6.45) is 3.40. The lowest BCUT2D eigenvalue weighted by Gasteiger charge is -2.35. The molecule has 0 aromatic heterocycles. The predicted molar refractivity (Wildman–Crippen MR) is 77.0 cm³/mol. The molecule has 6 nitrogen and oxygen atoms in total. The van der Waals surface area contributed by atoms with E-state index in [1.165, 1.54) is 0 Å². The Hall–Kier alpha value is -1.14. The van der Waals surface area contributed by atoms with Crippen molar-refractivity contribution in [1.29, 1.82) is 0 Å². The van der Waals surface area contributed by atoms with Crippen LogP contribution in [0.2, 0.25) is 0 Å². The summed E-state index contributed by atoms with van der Waals surface area (Å²) >= 11 is 0. The third-order valence-corrected chi connectivity index (χ3v) is 4.45. The molecule has 0 aromatic rings. The van der Waals surface area contributed by atoms with Crippen molar-refractivity contribution >= 4 is 11.8 Å². The number of amides is 2. The molecule has 0 saturated carbocycles. The Kier molecular flexibility index (Phi) is 5.37. The Morgan fingerprint density at radius 3 is 3.10 bits per heavy atom. The Morgan fingerprint density at radius 2 is 2.35 bits per heavy atom. The van der Waals surface area contributed by atoms with Crippen LogP contribution in [0.15, 0.2) is 0 Å². The second kappa shape index (κ2) is 7.04.